The average Bonchev–Trinajstić information content (AvgIpc) is 2.47. The number of piperidine rings is 1. The number of aromatic nitrogens is 2. The van der Waals surface area contributed by atoms with Gasteiger partial charge in [-0.05, 0) is 24.2 Å². The minimum absolute atomic E-state index is 0.141. The molecule has 1 aromatic heterocycles. The van der Waals surface area contributed by atoms with E-state index in [1.165, 1.54) is 12.5 Å². The highest BCUT2D eigenvalue weighted by Crippen LogP contribution is 2.36. The van der Waals surface area contributed by atoms with E-state index in [0.29, 0.717) is 11.7 Å². The summed E-state index contributed by atoms with van der Waals surface area (Å²) in [5, 5.41) is 9.22. The fraction of sp³-hybridized carbons (Fsp3) is 0.667. The van der Waals surface area contributed by atoms with Crippen LogP contribution in [0, 0.1) is 11.3 Å². The third-order valence-corrected chi connectivity index (χ3v) is 4.34. The lowest BCUT2D eigenvalue weighted by atomic mass is 9.74. The van der Waals surface area contributed by atoms with Crippen molar-refractivity contribution in [1.29, 1.82) is 0 Å². The maximum absolute atomic E-state index is 11.2. The van der Waals surface area contributed by atoms with Crippen LogP contribution in [0.3, 0.4) is 0 Å². The van der Waals surface area contributed by atoms with Gasteiger partial charge < -0.3 is 14.7 Å². The van der Waals surface area contributed by atoms with Gasteiger partial charge in [-0.25, -0.2) is 14.8 Å². The molecule has 0 radical (unpaired) electrons. The molecule has 1 saturated heterocycles. The molecule has 2 heterocycles. The lowest BCUT2D eigenvalue weighted by Gasteiger charge is -2.40. The zero-order valence-electron chi connectivity index (χ0n) is 12.9. The van der Waals surface area contributed by atoms with Crippen molar-refractivity contribution in [3.8, 4) is 0 Å². The quantitative estimate of drug-likeness (QED) is 0.895. The van der Waals surface area contributed by atoms with Gasteiger partial charge >= 0.3 is 5.97 Å². The molecule has 0 aliphatic carbocycles. The fourth-order valence-electron chi connectivity index (χ4n) is 3.09. The van der Waals surface area contributed by atoms with E-state index in [4.69, 9.17) is 4.74 Å². The molecular formula is C15H23N3O3. The van der Waals surface area contributed by atoms with Crippen LogP contribution in [0.1, 0.15) is 37.0 Å². The van der Waals surface area contributed by atoms with Crippen molar-refractivity contribution in [2.75, 3.05) is 31.7 Å². The Morgan fingerprint density at radius 2 is 2.14 bits per heavy atom. The number of methoxy groups -OCH3 is 1. The molecule has 0 spiro atoms. The minimum Gasteiger partial charge on any atom is -0.477 e. The number of rotatable bonds is 5. The van der Waals surface area contributed by atoms with Crippen molar-refractivity contribution in [3.63, 3.8) is 0 Å². The standard InChI is InChI=1S/C15H23N3O3/c1-15(2,9-21-3)11-4-6-18(7-5-11)13-12(14(19)20)8-16-10-17-13/h8,10-11H,4-7,9H2,1-3H3,(H,19,20). The zero-order chi connectivity index (χ0) is 15.5. The summed E-state index contributed by atoms with van der Waals surface area (Å²) in [4.78, 5) is 21.3. The largest absolute Gasteiger partial charge is 0.477 e. The van der Waals surface area contributed by atoms with Crippen LogP contribution in [0.15, 0.2) is 12.5 Å². The molecule has 0 saturated carbocycles. The predicted octanol–water partition coefficient (Wildman–Crippen LogP) is 2.06. The second-order valence-electron chi connectivity index (χ2n) is 6.25. The topological polar surface area (TPSA) is 75.5 Å². The summed E-state index contributed by atoms with van der Waals surface area (Å²) >= 11 is 0. The van der Waals surface area contributed by atoms with Gasteiger partial charge in [0.15, 0.2) is 0 Å². The van der Waals surface area contributed by atoms with E-state index in [-0.39, 0.29) is 11.0 Å². The minimum atomic E-state index is -0.979. The molecule has 1 N–H and O–H groups in total. The molecular weight excluding hydrogens is 270 g/mol. The summed E-state index contributed by atoms with van der Waals surface area (Å²) in [6, 6.07) is 0. The third kappa shape index (κ3) is 3.50. The fourth-order valence-corrected chi connectivity index (χ4v) is 3.09. The monoisotopic (exact) mass is 293 g/mol. The second kappa shape index (κ2) is 6.39. The Balaban J connectivity index is 2.06. The highest BCUT2D eigenvalue weighted by atomic mass is 16.5. The SMILES string of the molecule is COCC(C)(C)C1CCN(c2ncncc2C(=O)O)CC1. The van der Waals surface area contributed by atoms with E-state index in [9.17, 15) is 9.90 Å². The van der Waals surface area contributed by atoms with Crippen LogP contribution < -0.4 is 4.90 Å². The van der Waals surface area contributed by atoms with E-state index in [2.05, 4.69) is 23.8 Å². The van der Waals surface area contributed by atoms with Crippen LogP contribution in [-0.2, 0) is 4.74 Å². The molecule has 116 valence electrons. The van der Waals surface area contributed by atoms with E-state index in [1.807, 2.05) is 4.90 Å². The first-order valence-corrected chi connectivity index (χ1v) is 7.23. The van der Waals surface area contributed by atoms with Crippen molar-refractivity contribution in [2.24, 2.45) is 11.3 Å². The summed E-state index contributed by atoms with van der Waals surface area (Å²) in [7, 11) is 1.73. The number of ether oxygens (including phenoxy) is 1. The Morgan fingerprint density at radius 1 is 1.48 bits per heavy atom. The average molecular weight is 293 g/mol. The maximum atomic E-state index is 11.2. The molecule has 1 aliphatic rings. The maximum Gasteiger partial charge on any atom is 0.341 e. The Morgan fingerprint density at radius 3 is 2.71 bits per heavy atom. The van der Waals surface area contributed by atoms with Gasteiger partial charge in [-0.2, -0.15) is 0 Å². The van der Waals surface area contributed by atoms with E-state index >= 15 is 0 Å². The van der Waals surface area contributed by atoms with E-state index in [1.54, 1.807) is 7.11 Å². The number of carbonyl (C=O) groups is 1. The molecule has 2 rings (SSSR count). The number of hydrogen-bond donors (Lipinski definition) is 1. The highest BCUT2D eigenvalue weighted by molar-refractivity contribution is 5.92. The molecule has 0 amide bonds. The molecule has 1 aromatic rings. The number of carboxylic acids is 1. The lowest BCUT2D eigenvalue weighted by Crippen LogP contribution is -2.41. The van der Waals surface area contributed by atoms with Crippen molar-refractivity contribution >= 4 is 11.8 Å². The Hall–Kier alpha value is -1.69. The molecule has 0 bridgehead atoms. The summed E-state index contributed by atoms with van der Waals surface area (Å²) < 4.78 is 5.31. The molecule has 0 unspecified atom stereocenters. The first-order chi connectivity index (χ1) is 9.95. The van der Waals surface area contributed by atoms with Crippen LogP contribution in [-0.4, -0.2) is 47.8 Å². The van der Waals surface area contributed by atoms with Crippen molar-refractivity contribution in [1.82, 2.24) is 9.97 Å². The van der Waals surface area contributed by atoms with Gasteiger partial charge in [0.05, 0.1) is 6.61 Å². The molecule has 6 nitrogen and oxygen atoms in total. The molecule has 1 fully saturated rings. The molecule has 0 aromatic carbocycles. The number of aromatic carboxylic acids is 1. The molecule has 6 heteroatoms. The molecule has 21 heavy (non-hydrogen) atoms. The Kier molecular flexibility index (Phi) is 4.77. The van der Waals surface area contributed by atoms with Gasteiger partial charge in [0, 0.05) is 26.4 Å². The van der Waals surface area contributed by atoms with Crippen molar-refractivity contribution in [2.45, 2.75) is 26.7 Å². The summed E-state index contributed by atoms with van der Waals surface area (Å²) in [6.07, 6.45) is 4.80. The van der Waals surface area contributed by atoms with E-state index in [0.717, 1.165) is 32.5 Å². The van der Waals surface area contributed by atoms with Gasteiger partial charge in [0.25, 0.3) is 0 Å². The van der Waals surface area contributed by atoms with Crippen molar-refractivity contribution < 1.29 is 14.6 Å². The predicted molar refractivity (Wildman–Crippen MR) is 79.6 cm³/mol. The first kappa shape index (κ1) is 15.7. The Labute approximate surface area is 125 Å². The first-order valence-electron chi connectivity index (χ1n) is 7.23. The van der Waals surface area contributed by atoms with Gasteiger partial charge in [-0.15, -0.1) is 0 Å². The van der Waals surface area contributed by atoms with E-state index < -0.39 is 5.97 Å². The number of carboxylic acid groups (broad SMARTS) is 1. The van der Waals surface area contributed by atoms with Crippen LogP contribution in [0.4, 0.5) is 5.82 Å². The molecule has 1 aliphatic heterocycles. The summed E-state index contributed by atoms with van der Waals surface area (Å²) in [5.41, 5.74) is 0.314. The number of anilines is 1. The van der Waals surface area contributed by atoms with Crippen LogP contribution in [0.2, 0.25) is 0 Å². The number of nitrogens with zero attached hydrogens (tertiary/aromatic N) is 3. The summed E-state index contributed by atoms with van der Waals surface area (Å²) in [6.45, 7) is 6.82. The van der Waals surface area contributed by atoms with Gasteiger partial charge in [-0.1, -0.05) is 13.8 Å². The van der Waals surface area contributed by atoms with Gasteiger partial charge in [-0.3, -0.25) is 0 Å². The lowest BCUT2D eigenvalue weighted by molar-refractivity contribution is 0.0489. The summed E-state index contributed by atoms with van der Waals surface area (Å²) in [5.74, 6) is 0.122. The third-order valence-electron chi connectivity index (χ3n) is 4.34. The Bertz CT molecular complexity index is 497. The smallest absolute Gasteiger partial charge is 0.341 e. The normalized spacial score (nSPS) is 17.0. The van der Waals surface area contributed by atoms with Gasteiger partial charge in [0.2, 0.25) is 0 Å². The van der Waals surface area contributed by atoms with Crippen molar-refractivity contribution in [3.05, 3.63) is 18.1 Å². The van der Waals surface area contributed by atoms with Gasteiger partial charge in [0.1, 0.15) is 17.7 Å². The van der Waals surface area contributed by atoms with Crippen LogP contribution >= 0.6 is 0 Å². The number of hydrogen-bond acceptors (Lipinski definition) is 5. The molecule has 0 atom stereocenters. The highest BCUT2D eigenvalue weighted by Gasteiger charge is 2.33. The van der Waals surface area contributed by atoms with Crippen LogP contribution in [0.5, 0.6) is 0 Å². The van der Waals surface area contributed by atoms with Crippen LogP contribution in [0.25, 0.3) is 0 Å². The zero-order valence-corrected chi connectivity index (χ0v) is 12.9. The second-order valence-corrected chi connectivity index (χ2v) is 6.25.